The number of anilines is 1. The maximum Gasteiger partial charge on any atom is 0.338 e. The maximum atomic E-state index is 13.5. The first-order valence-electron chi connectivity index (χ1n) is 6.37. The summed E-state index contributed by atoms with van der Waals surface area (Å²) >= 11 is 0. The van der Waals surface area contributed by atoms with Crippen molar-refractivity contribution in [3.8, 4) is 5.75 Å². The average Bonchev–Trinajstić information content (AvgIpc) is 2.47. The second-order valence-electron chi connectivity index (χ2n) is 4.62. The van der Waals surface area contributed by atoms with Crippen LogP contribution in [0.4, 0.5) is 10.1 Å². The van der Waals surface area contributed by atoms with Gasteiger partial charge in [0.15, 0.2) is 11.6 Å². The van der Waals surface area contributed by atoms with Gasteiger partial charge < -0.3 is 15.2 Å². The molecule has 0 spiro atoms. The Morgan fingerprint density at radius 3 is 2.67 bits per heavy atom. The van der Waals surface area contributed by atoms with Gasteiger partial charge in [-0.05, 0) is 42.3 Å². The lowest BCUT2D eigenvalue weighted by atomic mass is 10.1. The molecule has 0 bridgehead atoms. The standard InChI is InChI=1S/C16H16FNO3/c1-10-3-5-12(18)8-13(10)16(19)21-9-11-4-6-15(20-2)14(17)7-11/h3-8H,9,18H2,1-2H3. The third-order valence-electron chi connectivity index (χ3n) is 3.07. The van der Waals surface area contributed by atoms with Crippen LogP contribution in [0, 0.1) is 12.7 Å². The Labute approximate surface area is 122 Å². The van der Waals surface area contributed by atoms with Gasteiger partial charge in [-0.15, -0.1) is 0 Å². The minimum Gasteiger partial charge on any atom is -0.494 e. The molecule has 0 saturated heterocycles. The molecule has 5 heteroatoms. The van der Waals surface area contributed by atoms with Crippen LogP contribution in [0.5, 0.6) is 5.75 Å². The summed E-state index contributed by atoms with van der Waals surface area (Å²) in [5, 5.41) is 0. The number of rotatable bonds is 4. The van der Waals surface area contributed by atoms with Gasteiger partial charge in [0.2, 0.25) is 0 Å². The van der Waals surface area contributed by atoms with E-state index in [1.165, 1.54) is 19.2 Å². The largest absolute Gasteiger partial charge is 0.494 e. The minimum atomic E-state index is -0.494. The lowest BCUT2D eigenvalue weighted by Crippen LogP contribution is -2.08. The zero-order valence-corrected chi connectivity index (χ0v) is 11.9. The predicted molar refractivity (Wildman–Crippen MR) is 77.7 cm³/mol. The Balaban J connectivity index is 2.07. The quantitative estimate of drug-likeness (QED) is 0.694. The molecule has 0 amide bonds. The van der Waals surface area contributed by atoms with E-state index in [1.54, 1.807) is 31.2 Å². The maximum absolute atomic E-state index is 13.5. The fourth-order valence-corrected chi connectivity index (χ4v) is 1.89. The van der Waals surface area contributed by atoms with E-state index in [9.17, 15) is 9.18 Å². The molecule has 110 valence electrons. The van der Waals surface area contributed by atoms with Crippen LogP contribution in [0.25, 0.3) is 0 Å². The van der Waals surface area contributed by atoms with Crippen molar-refractivity contribution in [3.63, 3.8) is 0 Å². The number of hydrogen-bond acceptors (Lipinski definition) is 4. The van der Waals surface area contributed by atoms with Crippen LogP contribution >= 0.6 is 0 Å². The smallest absolute Gasteiger partial charge is 0.338 e. The highest BCUT2D eigenvalue weighted by molar-refractivity contribution is 5.92. The molecule has 2 aromatic carbocycles. The van der Waals surface area contributed by atoms with E-state index in [-0.39, 0.29) is 12.4 Å². The Bertz CT molecular complexity index is 671. The number of methoxy groups -OCH3 is 1. The Morgan fingerprint density at radius 2 is 2.00 bits per heavy atom. The van der Waals surface area contributed by atoms with Crippen molar-refractivity contribution < 1.29 is 18.7 Å². The van der Waals surface area contributed by atoms with Gasteiger partial charge in [-0.3, -0.25) is 0 Å². The number of carbonyl (C=O) groups excluding carboxylic acids is 1. The zero-order valence-electron chi connectivity index (χ0n) is 11.9. The molecule has 0 saturated carbocycles. The Kier molecular flexibility index (Phi) is 4.42. The van der Waals surface area contributed by atoms with Crippen LogP contribution in [0.2, 0.25) is 0 Å². The minimum absolute atomic E-state index is 0.0199. The number of hydrogen-bond donors (Lipinski definition) is 1. The zero-order chi connectivity index (χ0) is 15.4. The van der Waals surface area contributed by atoms with Crippen molar-refractivity contribution >= 4 is 11.7 Å². The van der Waals surface area contributed by atoms with E-state index in [4.69, 9.17) is 15.2 Å². The number of nitrogen functional groups attached to an aromatic ring is 1. The van der Waals surface area contributed by atoms with Crippen LogP contribution in [0.1, 0.15) is 21.5 Å². The number of halogens is 1. The molecule has 0 radical (unpaired) electrons. The molecule has 2 N–H and O–H groups in total. The Hall–Kier alpha value is -2.56. The molecule has 0 aliphatic heterocycles. The fraction of sp³-hybridized carbons (Fsp3) is 0.188. The molecule has 0 heterocycles. The summed E-state index contributed by atoms with van der Waals surface area (Å²) in [6.45, 7) is 1.77. The predicted octanol–water partition coefficient (Wildman–Crippen LogP) is 3.08. The molecule has 0 unspecified atom stereocenters. The van der Waals surface area contributed by atoms with Crippen molar-refractivity contribution in [2.45, 2.75) is 13.5 Å². The van der Waals surface area contributed by atoms with Gasteiger partial charge in [0.05, 0.1) is 12.7 Å². The van der Waals surface area contributed by atoms with Crippen molar-refractivity contribution in [3.05, 3.63) is 58.9 Å². The highest BCUT2D eigenvalue weighted by atomic mass is 19.1. The Morgan fingerprint density at radius 1 is 1.24 bits per heavy atom. The molecule has 0 aliphatic carbocycles. The van der Waals surface area contributed by atoms with Gasteiger partial charge in [-0.25, -0.2) is 9.18 Å². The molecule has 0 fully saturated rings. The van der Waals surface area contributed by atoms with Gasteiger partial charge >= 0.3 is 5.97 Å². The van der Waals surface area contributed by atoms with Gasteiger partial charge in [0.25, 0.3) is 0 Å². The average molecular weight is 289 g/mol. The monoisotopic (exact) mass is 289 g/mol. The summed E-state index contributed by atoms with van der Waals surface area (Å²) in [4.78, 5) is 12.0. The van der Waals surface area contributed by atoms with Crippen LogP contribution < -0.4 is 10.5 Å². The van der Waals surface area contributed by atoms with Crippen LogP contribution in [0.15, 0.2) is 36.4 Å². The highest BCUT2D eigenvalue weighted by Gasteiger charge is 2.12. The normalized spacial score (nSPS) is 10.2. The molecule has 4 nitrogen and oxygen atoms in total. The van der Waals surface area contributed by atoms with Crippen LogP contribution in [-0.2, 0) is 11.3 Å². The van der Waals surface area contributed by atoms with Crippen molar-refractivity contribution in [2.24, 2.45) is 0 Å². The van der Waals surface area contributed by atoms with Gasteiger partial charge in [-0.1, -0.05) is 12.1 Å². The number of esters is 1. The van der Waals surface area contributed by atoms with E-state index < -0.39 is 11.8 Å². The van der Waals surface area contributed by atoms with E-state index in [0.717, 1.165) is 5.56 Å². The van der Waals surface area contributed by atoms with E-state index in [0.29, 0.717) is 16.8 Å². The third kappa shape index (κ3) is 3.51. The lowest BCUT2D eigenvalue weighted by molar-refractivity contribution is 0.0471. The summed E-state index contributed by atoms with van der Waals surface area (Å²) in [5.74, 6) is -0.834. The summed E-state index contributed by atoms with van der Waals surface area (Å²) in [7, 11) is 1.39. The first-order chi connectivity index (χ1) is 10.0. The molecular weight excluding hydrogens is 273 g/mol. The fourth-order valence-electron chi connectivity index (χ4n) is 1.89. The number of nitrogens with two attached hydrogens (primary N) is 1. The number of carbonyl (C=O) groups is 1. The summed E-state index contributed by atoms with van der Waals surface area (Å²) in [6.07, 6.45) is 0. The number of aryl methyl sites for hydroxylation is 1. The third-order valence-corrected chi connectivity index (χ3v) is 3.07. The molecule has 0 aromatic heterocycles. The van der Waals surface area contributed by atoms with Gasteiger partial charge in [-0.2, -0.15) is 0 Å². The molecular formula is C16H16FNO3. The van der Waals surface area contributed by atoms with Crippen molar-refractivity contribution in [1.82, 2.24) is 0 Å². The lowest BCUT2D eigenvalue weighted by Gasteiger charge is -2.09. The SMILES string of the molecule is COc1ccc(COC(=O)c2cc(N)ccc2C)cc1F. The molecule has 2 aromatic rings. The first-order valence-corrected chi connectivity index (χ1v) is 6.37. The number of ether oxygens (including phenoxy) is 2. The second-order valence-corrected chi connectivity index (χ2v) is 4.62. The van der Waals surface area contributed by atoms with Gasteiger partial charge in [0, 0.05) is 5.69 Å². The first kappa shape index (κ1) is 14.8. The van der Waals surface area contributed by atoms with E-state index in [1.807, 2.05) is 0 Å². The summed E-state index contributed by atoms with van der Waals surface area (Å²) in [6, 6.07) is 9.43. The van der Waals surface area contributed by atoms with Gasteiger partial charge in [0.1, 0.15) is 6.61 Å². The molecule has 0 aliphatic rings. The molecule has 0 atom stereocenters. The number of benzene rings is 2. The van der Waals surface area contributed by atoms with Crippen LogP contribution in [0.3, 0.4) is 0 Å². The van der Waals surface area contributed by atoms with Crippen molar-refractivity contribution in [1.29, 1.82) is 0 Å². The van der Waals surface area contributed by atoms with Crippen LogP contribution in [-0.4, -0.2) is 13.1 Å². The van der Waals surface area contributed by atoms with Crippen molar-refractivity contribution in [2.75, 3.05) is 12.8 Å². The highest BCUT2D eigenvalue weighted by Crippen LogP contribution is 2.19. The van der Waals surface area contributed by atoms with E-state index in [2.05, 4.69) is 0 Å². The second kappa shape index (κ2) is 6.26. The summed E-state index contributed by atoms with van der Waals surface area (Å²) < 4.78 is 23.5. The molecule has 21 heavy (non-hydrogen) atoms. The topological polar surface area (TPSA) is 61.5 Å². The van der Waals surface area contributed by atoms with E-state index >= 15 is 0 Å². The molecule has 2 rings (SSSR count). The summed E-state index contributed by atoms with van der Waals surface area (Å²) in [5.41, 5.74) is 7.87.